The van der Waals surface area contributed by atoms with Crippen LogP contribution in [0.25, 0.3) is 11.0 Å². The summed E-state index contributed by atoms with van der Waals surface area (Å²) in [4.78, 5) is 35.7. The standard InChI is InChI=1S/C16H19N7O2/c1-20(2)14(24)10-23-16(25)22-8-7-21(9-13(22)19-23)15-17-11-5-3-4-6-12(11)18-15/h3-6H,7-10H2,1-2H3,(H,17,18). The first kappa shape index (κ1) is 15.4. The van der Waals surface area contributed by atoms with E-state index in [1.807, 2.05) is 24.3 Å². The topological polar surface area (TPSA) is 92.1 Å². The van der Waals surface area contributed by atoms with E-state index in [-0.39, 0.29) is 18.1 Å². The molecule has 3 aromatic rings. The minimum Gasteiger partial charge on any atom is -0.347 e. The van der Waals surface area contributed by atoms with Crippen LogP contribution in [0.3, 0.4) is 0 Å². The molecule has 3 heterocycles. The fraction of sp³-hybridized carbons (Fsp3) is 0.375. The summed E-state index contributed by atoms with van der Waals surface area (Å²) in [5.74, 6) is 1.24. The van der Waals surface area contributed by atoms with Gasteiger partial charge in [-0.05, 0) is 12.1 Å². The Labute approximate surface area is 143 Å². The van der Waals surface area contributed by atoms with Gasteiger partial charge in [0, 0.05) is 27.2 Å². The van der Waals surface area contributed by atoms with E-state index in [4.69, 9.17) is 0 Å². The minimum absolute atomic E-state index is 0.0452. The van der Waals surface area contributed by atoms with Gasteiger partial charge in [0.15, 0.2) is 5.82 Å². The van der Waals surface area contributed by atoms with Crippen LogP contribution < -0.4 is 10.6 Å². The normalized spacial score (nSPS) is 13.9. The molecule has 0 saturated heterocycles. The van der Waals surface area contributed by atoms with Crippen LogP contribution in [0.1, 0.15) is 5.82 Å². The van der Waals surface area contributed by atoms with E-state index in [1.54, 1.807) is 18.7 Å². The predicted molar refractivity (Wildman–Crippen MR) is 92.3 cm³/mol. The molecule has 1 aliphatic heterocycles. The molecule has 1 aliphatic rings. The van der Waals surface area contributed by atoms with Crippen LogP contribution in [-0.2, 0) is 24.4 Å². The number of para-hydroxylation sites is 2. The number of carbonyl (C=O) groups is 1. The molecule has 2 aromatic heterocycles. The maximum absolute atomic E-state index is 12.4. The number of hydrogen-bond donors (Lipinski definition) is 1. The van der Waals surface area contributed by atoms with Gasteiger partial charge >= 0.3 is 5.69 Å². The van der Waals surface area contributed by atoms with E-state index in [0.717, 1.165) is 17.0 Å². The van der Waals surface area contributed by atoms with Crippen molar-refractivity contribution in [1.29, 1.82) is 0 Å². The summed E-state index contributed by atoms with van der Waals surface area (Å²) in [6.07, 6.45) is 0. The summed E-state index contributed by atoms with van der Waals surface area (Å²) < 4.78 is 2.86. The van der Waals surface area contributed by atoms with Gasteiger partial charge in [0.1, 0.15) is 6.54 Å². The van der Waals surface area contributed by atoms with Gasteiger partial charge in [-0.2, -0.15) is 5.10 Å². The fourth-order valence-corrected chi connectivity index (χ4v) is 2.94. The van der Waals surface area contributed by atoms with Crippen LogP contribution in [0.2, 0.25) is 0 Å². The van der Waals surface area contributed by atoms with Crippen LogP contribution in [-0.4, -0.2) is 55.8 Å². The van der Waals surface area contributed by atoms with Crippen molar-refractivity contribution in [3.63, 3.8) is 0 Å². The van der Waals surface area contributed by atoms with Crippen molar-refractivity contribution >= 4 is 22.9 Å². The Kier molecular flexibility index (Phi) is 3.56. The first-order valence-electron chi connectivity index (χ1n) is 8.09. The summed E-state index contributed by atoms with van der Waals surface area (Å²) in [7, 11) is 3.32. The van der Waals surface area contributed by atoms with Crippen LogP contribution in [0, 0.1) is 0 Å². The van der Waals surface area contributed by atoms with Gasteiger partial charge in [-0.3, -0.25) is 9.36 Å². The lowest BCUT2D eigenvalue weighted by molar-refractivity contribution is -0.129. The largest absolute Gasteiger partial charge is 0.347 e. The third-order valence-corrected chi connectivity index (χ3v) is 4.39. The molecule has 0 bridgehead atoms. The second-order valence-electron chi connectivity index (χ2n) is 6.30. The molecule has 1 aromatic carbocycles. The molecule has 1 amide bonds. The van der Waals surface area contributed by atoms with Gasteiger partial charge in [-0.25, -0.2) is 14.5 Å². The highest BCUT2D eigenvalue weighted by atomic mass is 16.2. The maximum Gasteiger partial charge on any atom is 0.346 e. The predicted octanol–water partition coefficient (Wildman–Crippen LogP) is 0.0295. The van der Waals surface area contributed by atoms with Crippen molar-refractivity contribution in [2.24, 2.45) is 0 Å². The number of aromatic amines is 1. The lowest BCUT2D eigenvalue weighted by Crippen LogP contribution is -2.38. The van der Waals surface area contributed by atoms with Gasteiger partial charge in [0.05, 0.1) is 17.6 Å². The van der Waals surface area contributed by atoms with Gasteiger partial charge in [0.2, 0.25) is 11.9 Å². The van der Waals surface area contributed by atoms with E-state index in [2.05, 4.69) is 20.0 Å². The smallest absolute Gasteiger partial charge is 0.346 e. The fourth-order valence-electron chi connectivity index (χ4n) is 2.94. The lowest BCUT2D eigenvalue weighted by Gasteiger charge is -2.25. The summed E-state index contributed by atoms with van der Waals surface area (Å²) >= 11 is 0. The molecule has 4 rings (SSSR count). The number of nitrogens with one attached hydrogen (secondary N) is 1. The molecule has 0 aliphatic carbocycles. The molecule has 0 radical (unpaired) electrons. The maximum atomic E-state index is 12.4. The molecule has 9 nitrogen and oxygen atoms in total. The third kappa shape index (κ3) is 2.67. The Hall–Kier alpha value is -3.10. The Balaban J connectivity index is 1.60. The van der Waals surface area contributed by atoms with Crippen molar-refractivity contribution in [2.75, 3.05) is 25.5 Å². The molecule has 0 fully saturated rings. The third-order valence-electron chi connectivity index (χ3n) is 4.39. The Morgan fingerprint density at radius 1 is 1.28 bits per heavy atom. The second kappa shape index (κ2) is 5.76. The van der Waals surface area contributed by atoms with Gasteiger partial charge in [0.25, 0.3) is 0 Å². The molecule has 130 valence electrons. The van der Waals surface area contributed by atoms with Gasteiger partial charge < -0.3 is 14.8 Å². The molecular weight excluding hydrogens is 322 g/mol. The van der Waals surface area contributed by atoms with Crippen LogP contribution in [0.15, 0.2) is 29.1 Å². The van der Waals surface area contributed by atoms with Crippen molar-refractivity contribution in [1.82, 2.24) is 29.2 Å². The first-order valence-corrected chi connectivity index (χ1v) is 8.09. The molecule has 0 spiro atoms. The number of rotatable bonds is 3. The number of H-pyrrole nitrogens is 1. The van der Waals surface area contributed by atoms with E-state index in [0.29, 0.717) is 25.5 Å². The van der Waals surface area contributed by atoms with Crippen molar-refractivity contribution < 1.29 is 4.79 Å². The van der Waals surface area contributed by atoms with Crippen LogP contribution in [0.4, 0.5) is 5.95 Å². The Morgan fingerprint density at radius 3 is 2.84 bits per heavy atom. The SMILES string of the molecule is CN(C)C(=O)Cn1nc2n(c1=O)CCN(c1nc3ccccc3[nH]1)C2. The second-order valence-corrected chi connectivity index (χ2v) is 6.30. The highest BCUT2D eigenvalue weighted by Gasteiger charge is 2.24. The zero-order valence-electron chi connectivity index (χ0n) is 14.1. The summed E-state index contributed by atoms with van der Waals surface area (Å²) in [6.45, 7) is 1.59. The van der Waals surface area contributed by atoms with Crippen LogP contribution >= 0.6 is 0 Å². The average Bonchev–Trinajstić information content (AvgIpc) is 3.16. The number of aromatic nitrogens is 5. The molecule has 9 heteroatoms. The van der Waals surface area contributed by atoms with Crippen molar-refractivity contribution in [3.05, 3.63) is 40.6 Å². The number of amides is 1. The highest BCUT2D eigenvalue weighted by molar-refractivity contribution is 5.77. The zero-order chi connectivity index (χ0) is 17.6. The molecule has 1 N–H and O–H groups in total. The molecular formula is C16H19N7O2. The highest BCUT2D eigenvalue weighted by Crippen LogP contribution is 2.20. The average molecular weight is 341 g/mol. The van der Waals surface area contributed by atoms with Crippen LogP contribution in [0.5, 0.6) is 0 Å². The number of imidazole rings is 1. The molecule has 0 atom stereocenters. The van der Waals surface area contributed by atoms with E-state index >= 15 is 0 Å². The number of carbonyl (C=O) groups excluding carboxylic acids is 1. The number of fused-ring (bicyclic) bond motifs is 2. The van der Waals surface area contributed by atoms with Crippen molar-refractivity contribution in [3.8, 4) is 0 Å². The number of likely N-dealkylation sites (N-methyl/N-ethyl adjacent to an activating group) is 1. The summed E-state index contributed by atoms with van der Waals surface area (Å²) in [5, 5.41) is 4.34. The summed E-state index contributed by atoms with van der Waals surface area (Å²) in [5.41, 5.74) is 1.64. The molecule has 0 unspecified atom stereocenters. The number of anilines is 1. The quantitative estimate of drug-likeness (QED) is 0.726. The zero-order valence-corrected chi connectivity index (χ0v) is 14.1. The number of hydrogen-bond acceptors (Lipinski definition) is 5. The van der Waals surface area contributed by atoms with E-state index < -0.39 is 0 Å². The lowest BCUT2D eigenvalue weighted by atomic mass is 10.3. The number of nitrogens with zero attached hydrogens (tertiary/aromatic N) is 6. The number of benzene rings is 1. The Bertz CT molecular complexity index is 964. The first-order chi connectivity index (χ1) is 12.0. The monoisotopic (exact) mass is 341 g/mol. The molecule has 0 saturated carbocycles. The minimum atomic E-state index is -0.241. The van der Waals surface area contributed by atoms with Crippen molar-refractivity contribution in [2.45, 2.75) is 19.6 Å². The van der Waals surface area contributed by atoms with Gasteiger partial charge in [-0.15, -0.1) is 0 Å². The van der Waals surface area contributed by atoms with E-state index in [1.165, 1.54) is 9.58 Å². The Morgan fingerprint density at radius 2 is 2.08 bits per heavy atom. The summed E-state index contributed by atoms with van der Waals surface area (Å²) in [6, 6.07) is 7.84. The van der Waals surface area contributed by atoms with Gasteiger partial charge in [-0.1, -0.05) is 12.1 Å². The van der Waals surface area contributed by atoms with E-state index in [9.17, 15) is 9.59 Å². The molecule has 25 heavy (non-hydrogen) atoms.